The van der Waals surface area contributed by atoms with Crippen LogP contribution in [0.1, 0.15) is 34.3 Å². The van der Waals surface area contributed by atoms with Gasteiger partial charge in [0, 0.05) is 25.2 Å². The van der Waals surface area contributed by atoms with Crippen LogP contribution in [0.5, 0.6) is 5.75 Å². The van der Waals surface area contributed by atoms with E-state index in [0.29, 0.717) is 17.4 Å². The van der Waals surface area contributed by atoms with E-state index >= 15 is 0 Å². The predicted molar refractivity (Wildman–Crippen MR) is 106 cm³/mol. The number of hydrogen-bond donors (Lipinski definition) is 3. The zero-order valence-corrected chi connectivity index (χ0v) is 17.0. The molecule has 2 heterocycles. The zero-order chi connectivity index (χ0) is 22.1. The van der Waals surface area contributed by atoms with Crippen molar-refractivity contribution in [1.29, 1.82) is 0 Å². The fourth-order valence-electron chi connectivity index (χ4n) is 3.67. The number of likely N-dealkylation sites (tertiary alicyclic amines) is 1. The Balaban J connectivity index is 2.02. The molecule has 1 amide bonds. The van der Waals surface area contributed by atoms with E-state index in [9.17, 15) is 23.1 Å². The SMILES string of the molecule is CNC(=O)c1c(NC2CCCN(C)C2)nnc(-c2ccc(C(F)(F)F)cc2O)c1C. The molecule has 1 aliphatic heterocycles. The molecule has 162 valence electrons. The Morgan fingerprint density at radius 3 is 2.63 bits per heavy atom. The molecule has 3 N–H and O–H groups in total. The van der Waals surface area contributed by atoms with Crippen LogP contribution in [0.15, 0.2) is 18.2 Å². The zero-order valence-electron chi connectivity index (χ0n) is 17.0. The third kappa shape index (κ3) is 4.48. The molecule has 1 fully saturated rings. The molecule has 0 saturated carbocycles. The second-order valence-corrected chi connectivity index (χ2v) is 7.45. The summed E-state index contributed by atoms with van der Waals surface area (Å²) in [6, 6.07) is 2.72. The van der Waals surface area contributed by atoms with Gasteiger partial charge in [0.25, 0.3) is 5.91 Å². The number of carbonyl (C=O) groups is 1. The quantitative estimate of drug-likeness (QED) is 0.701. The van der Waals surface area contributed by atoms with E-state index in [4.69, 9.17) is 0 Å². The molecule has 1 aliphatic rings. The monoisotopic (exact) mass is 423 g/mol. The normalized spacial score (nSPS) is 17.6. The summed E-state index contributed by atoms with van der Waals surface area (Å²) in [7, 11) is 3.50. The fraction of sp³-hybridized carbons (Fsp3) is 0.450. The number of halogens is 3. The summed E-state index contributed by atoms with van der Waals surface area (Å²) >= 11 is 0. The predicted octanol–water partition coefficient (Wildman–Crippen LogP) is 3.04. The van der Waals surface area contributed by atoms with E-state index in [1.165, 1.54) is 7.05 Å². The molecule has 0 radical (unpaired) electrons. The van der Waals surface area contributed by atoms with Gasteiger partial charge in [-0.3, -0.25) is 4.79 Å². The van der Waals surface area contributed by atoms with Crippen LogP contribution in [0, 0.1) is 6.92 Å². The highest BCUT2D eigenvalue weighted by Gasteiger charge is 2.32. The number of likely N-dealkylation sites (N-methyl/N-ethyl adjacent to an activating group) is 1. The molecule has 30 heavy (non-hydrogen) atoms. The van der Waals surface area contributed by atoms with Crippen molar-refractivity contribution < 1.29 is 23.1 Å². The Morgan fingerprint density at radius 2 is 2.03 bits per heavy atom. The van der Waals surface area contributed by atoms with E-state index in [-0.39, 0.29) is 22.9 Å². The number of aromatic nitrogens is 2. The molecule has 1 atom stereocenters. The van der Waals surface area contributed by atoms with Gasteiger partial charge >= 0.3 is 6.18 Å². The summed E-state index contributed by atoms with van der Waals surface area (Å²) in [5, 5.41) is 24.3. The number of nitrogens with zero attached hydrogens (tertiary/aromatic N) is 3. The number of hydrogen-bond acceptors (Lipinski definition) is 6. The maximum absolute atomic E-state index is 12.9. The first kappa shape index (κ1) is 21.8. The molecule has 1 aromatic carbocycles. The van der Waals surface area contributed by atoms with E-state index in [2.05, 4.69) is 25.7 Å². The lowest BCUT2D eigenvalue weighted by Gasteiger charge is -2.31. The summed E-state index contributed by atoms with van der Waals surface area (Å²) < 4.78 is 38.7. The molecule has 0 bridgehead atoms. The molecular formula is C20H24F3N5O2. The van der Waals surface area contributed by atoms with Crippen LogP contribution in [-0.4, -0.2) is 59.3 Å². The maximum atomic E-state index is 12.9. The first-order valence-electron chi connectivity index (χ1n) is 9.56. The largest absolute Gasteiger partial charge is 0.507 e. The van der Waals surface area contributed by atoms with E-state index in [1.807, 2.05) is 7.05 Å². The van der Waals surface area contributed by atoms with Gasteiger partial charge in [-0.1, -0.05) is 0 Å². The van der Waals surface area contributed by atoms with Crippen molar-refractivity contribution in [3.05, 3.63) is 34.9 Å². The first-order valence-corrected chi connectivity index (χ1v) is 9.56. The highest BCUT2D eigenvalue weighted by Crippen LogP contribution is 2.37. The van der Waals surface area contributed by atoms with E-state index < -0.39 is 23.4 Å². The van der Waals surface area contributed by atoms with Crippen molar-refractivity contribution in [2.45, 2.75) is 32.0 Å². The minimum atomic E-state index is -4.58. The molecule has 3 rings (SSSR count). The number of carbonyl (C=O) groups excluding carboxylic acids is 1. The number of benzene rings is 1. The van der Waals surface area contributed by atoms with Gasteiger partial charge in [0.15, 0.2) is 5.82 Å². The molecule has 0 spiro atoms. The van der Waals surface area contributed by atoms with E-state index in [0.717, 1.165) is 38.1 Å². The van der Waals surface area contributed by atoms with Gasteiger partial charge in [-0.05, 0) is 57.1 Å². The minimum absolute atomic E-state index is 0.0714. The smallest absolute Gasteiger partial charge is 0.416 e. The van der Waals surface area contributed by atoms with Gasteiger partial charge in [-0.25, -0.2) is 0 Å². The number of phenols is 1. The summed E-state index contributed by atoms with van der Waals surface area (Å²) in [6.45, 7) is 3.41. The number of rotatable bonds is 4. The molecule has 1 saturated heterocycles. The highest BCUT2D eigenvalue weighted by atomic mass is 19.4. The molecule has 0 aliphatic carbocycles. The summed E-state index contributed by atoms with van der Waals surface area (Å²) in [5.41, 5.74) is -0.102. The number of piperidine rings is 1. The Hall–Kier alpha value is -2.88. The van der Waals surface area contributed by atoms with E-state index in [1.54, 1.807) is 6.92 Å². The summed E-state index contributed by atoms with van der Waals surface area (Å²) in [5.74, 6) is -0.677. The minimum Gasteiger partial charge on any atom is -0.507 e. The van der Waals surface area contributed by atoms with Crippen molar-refractivity contribution >= 4 is 11.7 Å². The van der Waals surface area contributed by atoms with Gasteiger partial charge in [0.05, 0.1) is 11.1 Å². The number of nitrogens with one attached hydrogen (secondary N) is 2. The molecule has 1 aromatic heterocycles. The lowest BCUT2D eigenvalue weighted by Crippen LogP contribution is -2.40. The van der Waals surface area contributed by atoms with Crippen molar-refractivity contribution in [2.24, 2.45) is 0 Å². The lowest BCUT2D eigenvalue weighted by atomic mass is 9.99. The van der Waals surface area contributed by atoms with Crippen molar-refractivity contribution in [1.82, 2.24) is 20.4 Å². The molecule has 1 unspecified atom stereocenters. The Morgan fingerprint density at radius 1 is 1.30 bits per heavy atom. The highest BCUT2D eigenvalue weighted by molar-refractivity contribution is 6.01. The van der Waals surface area contributed by atoms with Gasteiger partial charge < -0.3 is 20.6 Å². The van der Waals surface area contributed by atoms with Gasteiger partial charge in [0.1, 0.15) is 11.4 Å². The Kier molecular flexibility index (Phi) is 6.16. The third-order valence-corrected chi connectivity index (χ3v) is 5.22. The topological polar surface area (TPSA) is 90.4 Å². The second-order valence-electron chi connectivity index (χ2n) is 7.45. The molecule has 10 heteroatoms. The second kappa shape index (κ2) is 8.47. The third-order valence-electron chi connectivity index (χ3n) is 5.22. The van der Waals surface area contributed by atoms with Crippen molar-refractivity contribution in [3.8, 4) is 17.0 Å². The van der Waals surface area contributed by atoms with Crippen molar-refractivity contribution in [2.75, 3.05) is 32.5 Å². The maximum Gasteiger partial charge on any atom is 0.416 e. The Labute approximate surface area is 172 Å². The number of aromatic hydroxyl groups is 1. The van der Waals surface area contributed by atoms with Gasteiger partial charge in [0.2, 0.25) is 0 Å². The molecule has 7 nitrogen and oxygen atoms in total. The average Bonchev–Trinajstić information content (AvgIpc) is 2.67. The first-order chi connectivity index (χ1) is 14.1. The van der Waals surface area contributed by atoms with Gasteiger partial charge in [-0.15, -0.1) is 10.2 Å². The number of amides is 1. The fourth-order valence-corrected chi connectivity index (χ4v) is 3.67. The lowest BCUT2D eigenvalue weighted by molar-refractivity contribution is -0.137. The van der Waals surface area contributed by atoms with Crippen LogP contribution in [0.2, 0.25) is 0 Å². The van der Waals surface area contributed by atoms with Crippen molar-refractivity contribution in [3.63, 3.8) is 0 Å². The van der Waals surface area contributed by atoms with Gasteiger partial charge in [-0.2, -0.15) is 13.2 Å². The summed E-state index contributed by atoms with van der Waals surface area (Å²) in [6.07, 6.45) is -2.65. The van der Waals surface area contributed by atoms with Crippen LogP contribution in [0.25, 0.3) is 11.3 Å². The standard InChI is InChI=1S/C20H24F3N5O2/c1-11-16(19(30)24-2)18(25-13-5-4-8-28(3)10-13)27-26-17(11)14-7-6-12(9-15(14)29)20(21,22)23/h6-7,9,13,29H,4-5,8,10H2,1-3H3,(H,24,30)(H,25,27). The van der Waals surface area contributed by atoms with Crippen LogP contribution in [0.3, 0.4) is 0 Å². The molecule has 2 aromatic rings. The van der Waals surface area contributed by atoms with Crippen LogP contribution in [0.4, 0.5) is 19.0 Å². The molecular weight excluding hydrogens is 399 g/mol. The summed E-state index contributed by atoms with van der Waals surface area (Å²) in [4.78, 5) is 14.8. The number of phenolic OH excluding ortho intramolecular Hbond substituents is 1. The number of anilines is 1. The number of alkyl halides is 3. The Bertz CT molecular complexity index is 949. The average molecular weight is 423 g/mol. The van der Waals surface area contributed by atoms with Crippen LogP contribution in [-0.2, 0) is 6.18 Å². The van der Waals surface area contributed by atoms with Crippen LogP contribution < -0.4 is 10.6 Å². The van der Waals surface area contributed by atoms with Crippen LogP contribution >= 0.6 is 0 Å².